The first-order valence-corrected chi connectivity index (χ1v) is 5.27. The number of benzene rings is 1. The molecule has 0 fully saturated rings. The molecule has 1 aromatic carbocycles. The van der Waals surface area contributed by atoms with Crippen molar-refractivity contribution in [1.29, 1.82) is 0 Å². The Bertz CT molecular complexity index is 326. The van der Waals surface area contributed by atoms with Crippen LogP contribution in [0, 0.1) is 0 Å². The van der Waals surface area contributed by atoms with Crippen molar-refractivity contribution in [2.75, 3.05) is 7.11 Å². The minimum Gasteiger partial charge on any atom is -0.497 e. The van der Waals surface area contributed by atoms with Gasteiger partial charge in [-0.25, -0.2) is 0 Å². The quantitative estimate of drug-likeness (QED) is 0.504. The van der Waals surface area contributed by atoms with Crippen LogP contribution in [0.25, 0.3) is 0 Å². The highest BCUT2D eigenvalue weighted by atomic mass is 16.5. The average molecular weight is 202 g/mol. The molecular formula is C14H18O. The summed E-state index contributed by atoms with van der Waals surface area (Å²) >= 11 is 0. The molecule has 0 heterocycles. The van der Waals surface area contributed by atoms with Gasteiger partial charge in [0.25, 0.3) is 0 Å². The Morgan fingerprint density at radius 1 is 1.40 bits per heavy atom. The van der Waals surface area contributed by atoms with Crippen LogP contribution in [0.3, 0.4) is 0 Å². The minimum absolute atomic E-state index is 0.939. The maximum Gasteiger partial charge on any atom is 0.119 e. The first kappa shape index (κ1) is 11.6. The van der Waals surface area contributed by atoms with E-state index < -0.39 is 0 Å². The maximum atomic E-state index is 5.17. The SMILES string of the molecule is C=C/C=C/CCCc1cccc(OC)c1. The molecule has 0 amide bonds. The van der Waals surface area contributed by atoms with Crippen LogP contribution in [0.2, 0.25) is 0 Å². The normalized spacial score (nSPS) is 10.5. The fourth-order valence-corrected chi connectivity index (χ4v) is 1.44. The molecule has 0 atom stereocenters. The van der Waals surface area contributed by atoms with E-state index in [1.165, 1.54) is 5.56 Å². The van der Waals surface area contributed by atoms with Gasteiger partial charge in [-0.05, 0) is 37.0 Å². The summed E-state index contributed by atoms with van der Waals surface area (Å²) in [5, 5.41) is 0. The smallest absolute Gasteiger partial charge is 0.119 e. The molecule has 1 rings (SSSR count). The third kappa shape index (κ3) is 4.50. The van der Waals surface area contributed by atoms with Gasteiger partial charge >= 0.3 is 0 Å². The molecule has 0 saturated heterocycles. The molecule has 0 spiro atoms. The molecule has 1 heteroatoms. The molecular weight excluding hydrogens is 184 g/mol. The van der Waals surface area contributed by atoms with Gasteiger partial charge < -0.3 is 4.74 Å². The Labute approximate surface area is 92.1 Å². The van der Waals surface area contributed by atoms with E-state index in [4.69, 9.17) is 4.74 Å². The Kier molecular flexibility index (Phi) is 5.31. The average Bonchev–Trinajstić information content (AvgIpc) is 2.29. The molecule has 0 aliphatic rings. The summed E-state index contributed by atoms with van der Waals surface area (Å²) in [4.78, 5) is 0. The van der Waals surface area contributed by atoms with Crippen molar-refractivity contribution in [2.45, 2.75) is 19.3 Å². The Hall–Kier alpha value is -1.50. The standard InChI is InChI=1S/C14H18O/c1-3-4-5-6-7-9-13-10-8-11-14(12-13)15-2/h3-5,8,10-12H,1,6-7,9H2,2H3/b5-4+. The van der Waals surface area contributed by atoms with Gasteiger partial charge in [-0.2, -0.15) is 0 Å². The van der Waals surface area contributed by atoms with Crippen molar-refractivity contribution in [3.05, 3.63) is 54.6 Å². The second-order valence-electron chi connectivity index (χ2n) is 3.41. The van der Waals surface area contributed by atoms with Gasteiger partial charge in [-0.15, -0.1) is 0 Å². The van der Waals surface area contributed by atoms with Crippen molar-refractivity contribution < 1.29 is 4.74 Å². The third-order valence-electron chi connectivity index (χ3n) is 2.24. The van der Waals surface area contributed by atoms with Gasteiger partial charge in [0.2, 0.25) is 0 Å². The summed E-state index contributed by atoms with van der Waals surface area (Å²) in [6.45, 7) is 3.64. The lowest BCUT2D eigenvalue weighted by atomic mass is 10.1. The van der Waals surface area contributed by atoms with Crippen molar-refractivity contribution >= 4 is 0 Å². The minimum atomic E-state index is 0.939. The molecule has 0 saturated carbocycles. The van der Waals surface area contributed by atoms with Crippen molar-refractivity contribution in [3.8, 4) is 5.75 Å². The molecule has 0 N–H and O–H groups in total. The topological polar surface area (TPSA) is 9.23 Å². The Morgan fingerprint density at radius 3 is 3.00 bits per heavy atom. The predicted octanol–water partition coefficient (Wildman–Crippen LogP) is 3.76. The first-order chi connectivity index (χ1) is 7.36. The first-order valence-electron chi connectivity index (χ1n) is 5.27. The molecule has 0 bridgehead atoms. The summed E-state index contributed by atoms with van der Waals surface area (Å²) in [7, 11) is 1.70. The van der Waals surface area contributed by atoms with E-state index in [2.05, 4.69) is 24.8 Å². The van der Waals surface area contributed by atoms with E-state index in [-0.39, 0.29) is 0 Å². The van der Waals surface area contributed by atoms with Crippen LogP contribution < -0.4 is 4.74 Å². The summed E-state index contributed by atoms with van der Waals surface area (Å²) in [5.41, 5.74) is 1.33. The van der Waals surface area contributed by atoms with Crippen LogP contribution in [-0.4, -0.2) is 7.11 Å². The van der Waals surface area contributed by atoms with E-state index in [0.717, 1.165) is 25.0 Å². The summed E-state index contributed by atoms with van der Waals surface area (Å²) in [5.74, 6) is 0.939. The van der Waals surface area contributed by atoms with Crippen molar-refractivity contribution in [3.63, 3.8) is 0 Å². The van der Waals surface area contributed by atoms with E-state index in [0.29, 0.717) is 0 Å². The lowest BCUT2D eigenvalue weighted by Crippen LogP contribution is -1.87. The Balaban J connectivity index is 2.36. The molecule has 0 radical (unpaired) electrons. The van der Waals surface area contributed by atoms with Gasteiger partial charge in [0.15, 0.2) is 0 Å². The number of allylic oxidation sites excluding steroid dienone is 3. The highest BCUT2D eigenvalue weighted by Gasteiger charge is 1.94. The van der Waals surface area contributed by atoms with E-state index >= 15 is 0 Å². The van der Waals surface area contributed by atoms with Gasteiger partial charge in [0.1, 0.15) is 5.75 Å². The zero-order chi connectivity index (χ0) is 10.9. The highest BCUT2D eigenvalue weighted by molar-refractivity contribution is 5.28. The largest absolute Gasteiger partial charge is 0.497 e. The van der Waals surface area contributed by atoms with Gasteiger partial charge in [-0.3, -0.25) is 0 Å². The molecule has 15 heavy (non-hydrogen) atoms. The lowest BCUT2D eigenvalue weighted by Gasteiger charge is -2.03. The van der Waals surface area contributed by atoms with Gasteiger partial charge in [-0.1, -0.05) is 36.9 Å². The van der Waals surface area contributed by atoms with Crippen LogP contribution in [0.1, 0.15) is 18.4 Å². The lowest BCUT2D eigenvalue weighted by molar-refractivity contribution is 0.414. The number of unbranched alkanes of at least 4 members (excludes halogenated alkanes) is 1. The molecule has 0 aromatic heterocycles. The van der Waals surface area contributed by atoms with E-state index in [1.807, 2.05) is 24.3 Å². The van der Waals surface area contributed by atoms with Crippen LogP contribution in [0.4, 0.5) is 0 Å². The summed E-state index contributed by atoms with van der Waals surface area (Å²) < 4.78 is 5.17. The molecule has 0 aliphatic carbocycles. The third-order valence-corrected chi connectivity index (χ3v) is 2.24. The second kappa shape index (κ2) is 6.88. The second-order valence-corrected chi connectivity index (χ2v) is 3.41. The van der Waals surface area contributed by atoms with Crippen LogP contribution in [0.5, 0.6) is 5.75 Å². The number of aryl methyl sites for hydroxylation is 1. The van der Waals surface area contributed by atoms with Crippen molar-refractivity contribution in [2.24, 2.45) is 0 Å². The van der Waals surface area contributed by atoms with E-state index in [1.54, 1.807) is 7.11 Å². The summed E-state index contributed by atoms with van der Waals surface area (Å²) in [6, 6.07) is 8.24. The zero-order valence-electron chi connectivity index (χ0n) is 9.28. The molecule has 0 aliphatic heterocycles. The van der Waals surface area contributed by atoms with Crippen LogP contribution >= 0.6 is 0 Å². The Morgan fingerprint density at radius 2 is 2.27 bits per heavy atom. The zero-order valence-corrected chi connectivity index (χ0v) is 9.28. The van der Waals surface area contributed by atoms with Gasteiger partial charge in [0, 0.05) is 0 Å². The van der Waals surface area contributed by atoms with Crippen LogP contribution in [-0.2, 0) is 6.42 Å². The number of hydrogen-bond donors (Lipinski definition) is 0. The summed E-state index contributed by atoms with van der Waals surface area (Å²) in [6.07, 6.45) is 9.31. The molecule has 1 nitrogen and oxygen atoms in total. The highest BCUT2D eigenvalue weighted by Crippen LogP contribution is 2.14. The number of ether oxygens (including phenoxy) is 1. The van der Waals surface area contributed by atoms with Gasteiger partial charge in [0.05, 0.1) is 7.11 Å². The van der Waals surface area contributed by atoms with Crippen molar-refractivity contribution in [1.82, 2.24) is 0 Å². The number of rotatable bonds is 6. The maximum absolute atomic E-state index is 5.17. The molecule has 80 valence electrons. The predicted molar refractivity (Wildman–Crippen MR) is 65.3 cm³/mol. The fourth-order valence-electron chi connectivity index (χ4n) is 1.44. The fraction of sp³-hybridized carbons (Fsp3) is 0.286. The van der Waals surface area contributed by atoms with Crippen LogP contribution in [0.15, 0.2) is 49.1 Å². The number of methoxy groups -OCH3 is 1. The molecule has 1 aromatic rings. The monoisotopic (exact) mass is 202 g/mol. The van der Waals surface area contributed by atoms with E-state index in [9.17, 15) is 0 Å². The molecule has 0 unspecified atom stereocenters. The number of hydrogen-bond acceptors (Lipinski definition) is 1.